The largest absolute Gasteiger partial charge is 0.466 e. The normalized spacial score (nSPS) is 30.1. The summed E-state index contributed by atoms with van der Waals surface area (Å²) in [7, 11) is 2.59. The van der Waals surface area contributed by atoms with Crippen LogP contribution in [-0.2, 0) is 23.8 Å². The Bertz CT molecular complexity index is 962. The predicted octanol–water partition coefficient (Wildman–Crippen LogP) is 4.32. The maximum Gasteiger partial charge on any atom is 0.336 e. The fourth-order valence-electron chi connectivity index (χ4n) is 7.04. The van der Waals surface area contributed by atoms with E-state index in [0.717, 1.165) is 37.0 Å². The van der Waals surface area contributed by atoms with Crippen molar-refractivity contribution in [1.29, 1.82) is 0 Å². The minimum absolute atomic E-state index is 0.0155. The van der Waals surface area contributed by atoms with E-state index in [1.54, 1.807) is 29.4 Å². The van der Waals surface area contributed by atoms with E-state index in [9.17, 15) is 14.0 Å². The van der Waals surface area contributed by atoms with Gasteiger partial charge in [0.25, 0.3) is 0 Å². The van der Waals surface area contributed by atoms with Crippen LogP contribution in [0.25, 0.3) is 0 Å². The van der Waals surface area contributed by atoms with Crippen LogP contribution >= 0.6 is 0 Å². The first-order chi connectivity index (χ1) is 16.4. The Kier molecular flexibility index (Phi) is 6.23. The van der Waals surface area contributed by atoms with Crippen molar-refractivity contribution in [3.63, 3.8) is 0 Å². The third-order valence-corrected chi connectivity index (χ3v) is 8.00. The van der Waals surface area contributed by atoms with Crippen molar-refractivity contribution >= 4 is 11.9 Å². The molecule has 6 rings (SSSR count). The lowest BCUT2D eigenvalue weighted by molar-refractivity contribution is -0.162. The lowest BCUT2D eigenvalue weighted by Crippen LogP contribution is -2.52. The maximum atomic E-state index is 14.0. The van der Waals surface area contributed by atoms with Gasteiger partial charge in [0, 0.05) is 18.9 Å². The van der Waals surface area contributed by atoms with E-state index in [2.05, 4.69) is 0 Å². The Hall–Kier alpha value is -2.67. The molecule has 34 heavy (non-hydrogen) atoms. The van der Waals surface area contributed by atoms with Crippen molar-refractivity contribution in [2.45, 2.75) is 50.0 Å². The van der Waals surface area contributed by atoms with Crippen LogP contribution in [0.3, 0.4) is 0 Å². The smallest absolute Gasteiger partial charge is 0.336 e. The van der Waals surface area contributed by atoms with Crippen molar-refractivity contribution in [1.82, 2.24) is 4.90 Å². The molecule has 0 saturated heterocycles. The average Bonchev–Trinajstić information content (AvgIpc) is 2.81. The highest BCUT2D eigenvalue weighted by Gasteiger charge is 2.51. The predicted molar refractivity (Wildman–Crippen MR) is 123 cm³/mol. The molecule has 4 saturated carbocycles. The number of hydrogen-bond donors (Lipinski definition) is 0. The summed E-state index contributed by atoms with van der Waals surface area (Å²) in [5.41, 5.74) is 0.979. The fraction of sp³-hybridized carbons (Fsp3) is 0.556. The van der Waals surface area contributed by atoms with E-state index in [1.807, 2.05) is 0 Å². The van der Waals surface area contributed by atoms with Crippen LogP contribution in [0, 0.1) is 23.6 Å². The zero-order chi connectivity index (χ0) is 23.9. The molecular weight excluding hydrogens is 437 g/mol. The Morgan fingerprint density at radius 3 is 2.03 bits per heavy atom. The third kappa shape index (κ3) is 4.38. The van der Waals surface area contributed by atoms with Gasteiger partial charge in [-0.3, -0.25) is 0 Å². The van der Waals surface area contributed by atoms with Gasteiger partial charge in [-0.25, -0.2) is 14.0 Å². The van der Waals surface area contributed by atoms with Crippen LogP contribution < -0.4 is 0 Å². The SMILES string of the molecule is COC(=O)C1=CN(CCOC23CC4CC(CC(C4)C2)C3)C=C(C(=O)OC)C1c1cccc(F)c1. The Balaban J connectivity index is 1.36. The number of carbonyl (C=O) groups excluding carboxylic acids is 2. The van der Waals surface area contributed by atoms with E-state index in [0.29, 0.717) is 18.7 Å². The zero-order valence-corrected chi connectivity index (χ0v) is 19.8. The molecule has 182 valence electrons. The van der Waals surface area contributed by atoms with Gasteiger partial charge in [0.2, 0.25) is 0 Å². The lowest BCUT2D eigenvalue weighted by atomic mass is 9.54. The number of rotatable bonds is 7. The number of ether oxygens (including phenoxy) is 3. The van der Waals surface area contributed by atoms with Crippen LogP contribution in [0.15, 0.2) is 47.8 Å². The summed E-state index contributed by atoms with van der Waals surface area (Å²) in [5.74, 6) is 0.0134. The number of hydrogen-bond acceptors (Lipinski definition) is 6. The first-order valence-corrected chi connectivity index (χ1v) is 12.1. The number of methoxy groups -OCH3 is 2. The van der Waals surface area contributed by atoms with Crippen LogP contribution in [0.1, 0.15) is 50.0 Å². The zero-order valence-electron chi connectivity index (χ0n) is 19.8. The molecule has 0 amide bonds. The van der Waals surface area contributed by atoms with Gasteiger partial charge < -0.3 is 19.1 Å². The summed E-state index contributed by atoms with van der Waals surface area (Å²) in [6, 6.07) is 5.89. The maximum absolute atomic E-state index is 14.0. The average molecular weight is 470 g/mol. The molecule has 7 heteroatoms. The number of halogens is 1. The number of carbonyl (C=O) groups is 2. The molecule has 0 aromatic heterocycles. The summed E-state index contributed by atoms with van der Waals surface area (Å²) >= 11 is 0. The van der Waals surface area contributed by atoms with Gasteiger partial charge in [-0.15, -0.1) is 0 Å². The standard InChI is InChI=1S/C27H32FNO5/c1-32-25(30)22-15-29(6-7-34-27-12-17-8-18(13-27)10-19(9-17)14-27)16-23(26(31)33-2)24(22)20-4-3-5-21(28)11-20/h3-5,11,15-19,24H,6-10,12-14H2,1-2H3. The molecule has 0 N–H and O–H groups in total. The monoisotopic (exact) mass is 469 g/mol. The first kappa shape index (κ1) is 23.1. The molecule has 1 aliphatic heterocycles. The van der Waals surface area contributed by atoms with Crippen molar-refractivity contribution in [2.24, 2.45) is 17.8 Å². The second-order valence-corrected chi connectivity index (χ2v) is 10.3. The van der Waals surface area contributed by atoms with Gasteiger partial charge in [0.1, 0.15) is 5.82 Å². The molecule has 0 atom stereocenters. The minimum atomic E-state index is -0.782. The summed E-state index contributed by atoms with van der Waals surface area (Å²) in [6.45, 7) is 0.977. The topological polar surface area (TPSA) is 65.1 Å². The molecule has 0 radical (unpaired) electrons. The van der Waals surface area contributed by atoms with Gasteiger partial charge in [-0.05, 0) is 74.0 Å². The Morgan fingerprint density at radius 1 is 0.971 bits per heavy atom. The lowest BCUT2D eigenvalue weighted by Gasteiger charge is -2.56. The summed E-state index contributed by atoms with van der Waals surface area (Å²) in [5, 5.41) is 0. The highest BCUT2D eigenvalue weighted by Crippen LogP contribution is 2.57. The van der Waals surface area contributed by atoms with Crippen LogP contribution in [-0.4, -0.2) is 49.8 Å². The molecule has 4 aliphatic carbocycles. The molecule has 4 bridgehead atoms. The molecule has 5 aliphatic rings. The third-order valence-electron chi connectivity index (χ3n) is 8.00. The molecule has 1 aromatic rings. The van der Waals surface area contributed by atoms with E-state index in [-0.39, 0.29) is 16.7 Å². The highest BCUT2D eigenvalue weighted by molar-refractivity contribution is 5.98. The summed E-state index contributed by atoms with van der Waals surface area (Å²) in [6.07, 6.45) is 10.9. The van der Waals surface area contributed by atoms with E-state index >= 15 is 0 Å². The van der Waals surface area contributed by atoms with Crippen molar-refractivity contribution < 1.29 is 28.2 Å². The van der Waals surface area contributed by atoms with Gasteiger partial charge in [0.15, 0.2) is 0 Å². The van der Waals surface area contributed by atoms with Crippen LogP contribution in [0.4, 0.5) is 4.39 Å². The quantitative estimate of drug-likeness (QED) is 0.554. The van der Waals surface area contributed by atoms with Gasteiger partial charge in [-0.1, -0.05) is 12.1 Å². The number of esters is 2. The molecular formula is C27H32FNO5. The second kappa shape index (κ2) is 9.17. The first-order valence-electron chi connectivity index (χ1n) is 12.1. The van der Waals surface area contributed by atoms with Crippen LogP contribution in [0.5, 0.6) is 0 Å². The Morgan fingerprint density at radius 2 is 1.53 bits per heavy atom. The fourth-order valence-corrected chi connectivity index (χ4v) is 7.04. The van der Waals surface area contributed by atoms with Crippen molar-refractivity contribution in [2.75, 3.05) is 27.4 Å². The molecule has 6 nitrogen and oxygen atoms in total. The second-order valence-electron chi connectivity index (χ2n) is 10.3. The molecule has 0 spiro atoms. The van der Waals surface area contributed by atoms with Crippen LogP contribution in [0.2, 0.25) is 0 Å². The van der Waals surface area contributed by atoms with E-state index in [4.69, 9.17) is 14.2 Å². The van der Waals surface area contributed by atoms with E-state index in [1.165, 1.54) is 45.6 Å². The van der Waals surface area contributed by atoms with Gasteiger partial charge in [0.05, 0.1) is 43.5 Å². The molecule has 0 unspecified atom stereocenters. The van der Waals surface area contributed by atoms with E-state index < -0.39 is 23.7 Å². The Labute approximate surface area is 199 Å². The molecule has 4 fully saturated rings. The molecule has 1 heterocycles. The number of benzene rings is 1. The summed E-state index contributed by atoms with van der Waals surface area (Å²) < 4.78 is 30.6. The minimum Gasteiger partial charge on any atom is -0.466 e. The number of nitrogens with zero attached hydrogens (tertiary/aromatic N) is 1. The van der Waals surface area contributed by atoms with Gasteiger partial charge in [-0.2, -0.15) is 0 Å². The highest BCUT2D eigenvalue weighted by atomic mass is 19.1. The van der Waals surface area contributed by atoms with Crippen molar-refractivity contribution in [3.05, 3.63) is 59.2 Å². The molecule has 1 aromatic carbocycles. The van der Waals surface area contributed by atoms with Crippen molar-refractivity contribution in [3.8, 4) is 0 Å². The summed E-state index contributed by atoms with van der Waals surface area (Å²) in [4.78, 5) is 27.2. The van der Waals surface area contributed by atoms with Gasteiger partial charge >= 0.3 is 11.9 Å².